The third-order valence-electron chi connectivity index (χ3n) is 4.94. The van der Waals surface area contributed by atoms with Crippen molar-refractivity contribution < 1.29 is 9.59 Å². The van der Waals surface area contributed by atoms with Crippen molar-refractivity contribution in [3.05, 3.63) is 29.3 Å². The van der Waals surface area contributed by atoms with Crippen molar-refractivity contribution in [2.45, 2.75) is 44.1 Å². The number of rotatable bonds is 3. The average molecular weight is 346 g/mol. The number of amides is 2. The largest absolute Gasteiger partial charge is 0.337 e. The highest BCUT2D eigenvalue weighted by atomic mass is 35.5. The summed E-state index contributed by atoms with van der Waals surface area (Å²) < 4.78 is 0. The molecule has 1 heterocycles. The zero-order valence-corrected chi connectivity index (χ0v) is 14.2. The summed E-state index contributed by atoms with van der Waals surface area (Å²) >= 11 is 5.88. The van der Waals surface area contributed by atoms with E-state index in [2.05, 4.69) is 11.4 Å². The van der Waals surface area contributed by atoms with Gasteiger partial charge in [0.25, 0.3) is 0 Å². The van der Waals surface area contributed by atoms with Crippen molar-refractivity contribution in [2.24, 2.45) is 5.92 Å². The number of benzene rings is 1. The fourth-order valence-electron chi connectivity index (χ4n) is 3.54. The zero-order chi connectivity index (χ0) is 17.2. The molecule has 126 valence electrons. The molecule has 1 unspecified atom stereocenters. The van der Waals surface area contributed by atoms with Crippen LogP contribution in [-0.4, -0.2) is 23.9 Å². The van der Waals surface area contributed by atoms with Crippen LogP contribution in [0.15, 0.2) is 24.3 Å². The van der Waals surface area contributed by atoms with Crippen LogP contribution in [-0.2, 0) is 9.59 Å². The highest BCUT2D eigenvalue weighted by molar-refractivity contribution is 6.30. The Morgan fingerprint density at radius 3 is 2.54 bits per heavy atom. The number of hydrogen-bond acceptors (Lipinski definition) is 3. The lowest BCUT2D eigenvalue weighted by atomic mass is 9.82. The summed E-state index contributed by atoms with van der Waals surface area (Å²) in [7, 11) is 0. The van der Waals surface area contributed by atoms with Crippen LogP contribution < -0.4 is 10.2 Å². The first-order valence-corrected chi connectivity index (χ1v) is 8.73. The van der Waals surface area contributed by atoms with Crippen LogP contribution in [0.1, 0.15) is 38.5 Å². The van der Waals surface area contributed by atoms with Gasteiger partial charge in [0.05, 0.1) is 6.07 Å². The van der Waals surface area contributed by atoms with E-state index in [0.29, 0.717) is 30.8 Å². The number of nitriles is 1. The molecule has 1 aliphatic heterocycles. The number of nitrogens with zero attached hydrogens (tertiary/aromatic N) is 2. The first kappa shape index (κ1) is 16.8. The molecular weight excluding hydrogens is 326 g/mol. The smallest absolute Gasteiger partial charge is 0.239 e. The molecule has 1 saturated carbocycles. The summed E-state index contributed by atoms with van der Waals surface area (Å²) in [6.07, 6.45) is 4.75. The first-order valence-electron chi connectivity index (χ1n) is 8.35. The lowest BCUT2D eigenvalue weighted by molar-refractivity contribution is -0.133. The van der Waals surface area contributed by atoms with E-state index in [1.54, 1.807) is 29.2 Å². The van der Waals surface area contributed by atoms with Crippen LogP contribution in [0.3, 0.4) is 0 Å². The average Bonchev–Trinajstić information content (AvgIpc) is 2.98. The Morgan fingerprint density at radius 1 is 1.25 bits per heavy atom. The molecule has 1 N–H and O–H groups in total. The summed E-state index contributed by atoms with van der Waals surface area (Å²) in [5, 5.41) is 13.0. The van der Waals surface area contributed by atoms with Gasteiger partial charge in [0.2, 0.25) is 11.8 Å². The van der Waals surface area contributed by atoms with E-state index in [4.69, 9.17) is 11.6 Å². The Morgan fingerprint density at radius 2 is 1.92 bits per heavy atom. The Kier molecular flexibility index (Phi) is 4.77. The number of halogens is 1. The molecule has 0 radical (unpaired) electrons. The molecule has 1 aromatic carbocycles. The Labute approximate surface area is 146 Å². The van der Waals surface area contributed by atoms with Crippen molar-refractivity contribution in [2.75, 3.05) is 11.4 Å². The molecule has 6 heteroatoms. The number of hydrogen-bond donors (Lipinski definition) is 1. The molecule has 1 aliphatic carbocycles. The fraction of sp³-hybridized carbons (Fsp3) is 0.500. The van der Waals surface area contributed by atoms with Crippen LogP contribution in [0.5, 0.6) is 0 Å². The van der Waals surface area contributed by atoms with Crippen LogP contribution in [0.25, 0.3) is 0 Å². The second kappa shape index (κ2) is 6.82. The van der Waals surface area contributed by atoms with Gasteiger partial charge < -0.3 is 10.2 Å². The van der Waals surface area contributed by atoms with Gasteiger partial charge in [-0.05, 0) is 43.5 Å². The quantitative estimate of drug-likeness (QED) is 0.856. The second-order valence-corrected chi connectivity index (χ2v) is 6.99. The van der Waals surface area contributed by atoms with Crippen LogP contribution in [0.4, 0.5) is 5.69 Å². The molecule has 3 rings (SSSR count). The normalized spacial score (nSPS) is 22.9. The predicted molar refractivity (Wildman–Crippen MR) is 91.5 cm³/mol. The van der Waals surface area contributed by atoms with Crippen LogP contribution in [0.2, 0.25) is 5.02 Å². The molecule has 0 bridgehead atoms. The van der Waals surface area contributed by atoms with E-state index in [0.717, 1.165) is 24.9 Å². The minimum Gasteiger partial charge on any atom is -0.337 e. The molecule has 5 nitrogen and oxygen atoms in total. The summed E-state index contributed by atoms with van der Waals surface area (Å²) in [6.45, 7) is 0.498. The van der Waals surface area contributed by atoms with Gasteiger partial charge in [-0.1, -0.05) is 30.9 Å². The molecule has 1 atom stereocenters. The maximum Gasteiger partial charge on any atom is 0.239 e. The van der Waals surface area contributed by atoms with Crippen LogP contribution >= 0.6 is 11.6 Å². The third kappa shape index (κ3) is 3.25. The standard InChI is InChI=1S/C18H20ClN3O2/c19-13-4-6-14(7-5-13)22-11-8-15(17(22)24)16(23)21-18(12-20)9-2-1-3-10-18/h4-7,15H,1-3,8-11H2,(H,21,23). The molecule has 2 fully saturated rings. The van der Waals surface area contributed by atoms with Crippen molar-refractivity contribution in [3.8, 4) is 6.07 Å². The van der Waals surface area contributed by atoms with Gasteiger partial charge in [0.15, 0.2) is 0 Å². The first-order chi connectivity index (χ1) is 11.5. The minimum absolute atomic E-state index is 0.210. The van der Waals surface area contributed by atoms with Gasteiger partial charge >= 0.3 is 0 Å². The topological polar surface area (TPSA) is 73.2 Å². The van der Waals surface area contributed by atoms with Gasteiger partial charge in [0.1, 0.15) is 11.5 Å². The minimum atomic E-state index is -0.802. The lowest BCUT2D eigenvalue weighted by Crippen LogP contribution is -2.51. The fourth-order valence-corrected chi connectivity index (χ4v) is 3.67. The number of nitrogens with one attached hydrogen (secondary N) is 1. The summed E-state index contributed by atoms with van der Waals surface area (Å²) in [5.41, 5.74) is -0.0593. The highest BCUT2D eigenvalue weighted by Gasteiger charge is 2.41. The Balaban J connectivity index is 1.69. The van der Waals surface area contributed by atoms with Gasteiger partial charge in [0, 0.05) is 17.3 Å². The Bertz CT molecular complexity index is 674. The maximum atomic E-state index is 12.6. The molecule has 0 aromatic heterocycles. The van der Waals surface area contributed by atoms with E-state index in [1.807, 2.05) is 0 Å². The summed E-state index contributed by atoms with van der Waals surface area (Å²) in [6, 6.07) is 9.27. The molecule has 2 aliphatic rings. The van der Waals surface area contributed by atoms with E-state index in [1.165, 1.54) is 0 Å². The molecule has 1 aromatic rings. The van der Waals surface area contributed by atoms with E-state index in [-0.39, 0.29) is 11.8 Å². The van der Waals surface area contributed by atoms with E-state index < -0.39 is 11.5 Å². The predicted octanol–water partition coefficient (Wildman–Crippen LogP) is 3.04. The number of anilines is 1. The monoisotopic (exact) mass is 345 g/mol. The van der Waals surface area contributed by atoms with Gasteiger partial charge in [-0.3, -0.25) is 9.59 Å². The molecule has 24 heavy (non-hydrogen) atoms. The summed E-state index contributed by atoms with van der Waals surface area (Å²) in [4.78, 5) is 26.8. The van der Waals surface area contributed by atoms with Crippen molar-refractivity contribution >= 4 is 29.1 Å². The van der Waals surface area contributed by atoms with Gasteiger partial charge in [-0.15, -0.1) is 0 Å². The molecule has 0 spiro atoms. The van der Waals surface area contributed by atoms with Gasteiger partial charge in [-0.25, -0.2) is 0 Å². The van der Waals surface area contributed by atoms with Crippen molar-refractivity contribution in [1.29, 1.82) is 5.26 Å². The van der Waals surface area contributed by atoms with E-state index in [9.17, 15) is 14.9 Å². The number of carbonyl (C=O) groups excluding carboxylic acids is 2. The second-order valence-electron chi connectivity index (χ2n) is 6.55. The van der Waals surface area contributed by atoms with Crippen molar-refractivity contribution in [1.82, 2.24) is 5.32 Å². The Hall–Kier alpha value is -2.06. The zero-order valence-electron chi connectivity index (χ0n) is 13.4. The molecular formula is C18H20ClN3O2. The highest BCUT2D eigenvalue weighted by Crippen LogP contribution is 2.30. The van der Waals surface area contributed by atoms with Crippen LogP contribution in [0, 0.1) is 17.2 Å². The third-order valence-corrected chi connectivity index (χ3v) is 5.20. The maximum absolute atomic E-state index is 12.6. The SMILES string of the molecule is N#CC1(NC(=O)C2CCN(c3ccc(Cl)cc3)C2=O)CCCCC1. The summed E-state index contributed by atoms with van der Waals surface area (Å²) in [5.74, 6) is -1.24. The molecule has 1 saturated heterocycles. The molecule has 2 amide bonds. The van der Waals surface area contributed by atoms with Gasteiger partial charge in [-0.2, -0.15) is 5.26 Å². The van der Waals surface area contributed by atoms with Crippen molar-refractivity contribution in [3.63, 3.8) is 0 Å². The lowest BCUT2D eigenvalue weighted by Gasteiger charge is -2.32. The number of carbonyl (C=O) groups is 2. The van der Waals surface area contributed by atoms with E-state index >= 15 is 0 Å².